The first-order valence-electron chi connectivity index (χ1n) is 13.2. The first-order valence-corrected chi connectivity index (χ1v) is 13.2. The van der Waals surface area contributed by atoms with Crippen molar-refractivity contribution in [3.8, 4) is 22.3 Å². The van der Waals surface area contributed by atoms with E-state index in [1.807, 2.05) is 0 Å². The smallest absolute Gasteiger partial charge is 0.183 e. The summed E-state index contributed by atoms with van der Waals surface area (Å²) in [6.07, 6.45) is 8.32. The zero-order valence-corrected chi connectivity index (χ0v) is 21.4. The molecule has 0 aromatic heterocycles. The van der Waals surface area contributed by atoms with Crippen molar-refractivity contribution in [1.29, 1.82) is 0 Å². The van der Waals surface area contributed by atoms with Gasteiger partial charge in [0.2, 0.25) is 0 Å². The molecule has 0 bridgehead atoms. The SMILES string of the molecule is C=CC1COC(c2ccc(-c3ccc(-c4ccc(CCCCCCCC)c(F)c4F)cc3)c(F)c2)OC1. The predicted molar refractivity (Wildman–Crippen MR) is 143 cm³/mol. The van der Waals surface area contributed by atoms with Crippen LogP contribution in [-0.2, 0) is 15.9 Å². The zero-order chi connectivity index (χ0) is 26.2. The van der Waals surface area contributed by atoms with Gasteiger partial charge < -0.3 is 9.47 Å². The summed E-state index contributed by atoms with van der Waals surface area (Å²) < 4.78 is 56.0. The number of unbranched alkanes of at least 4 members (excludes halogenated alkanes) is 5. The van der Waals surface area contributed by atoms with Gasteiger partial charge in [0.15, 0.2) is 17.9 Å². The van der Waals surface area contributed by atoms with Crippen LogP contribution in [-0.4, -0.2) is 13.2 Å². The summed E-state index contributed by atoms with van der Waals surface area (Å²) in [6, 6.07) is 15.0. The van der Waals surface area contributed by atoms with Crippen molar-refractivity contribution < 1.29 is 22.6 Å². The van der Waals surface area contributed by atoms with Gasteiger partial charge in [0.25, 0.3) is 0 Å². The van der Waals surface area contributed by atoms with Gasteiger partial charge in [-0.2, -0.15) is 0 Å². The van der Waals surface area contributed by atoms with E-state index < -0.39 is 23.7 Å². The van der Waals surface area contributed by atoms with Gasteiger partial charge in [-0.1, -0.05) is 93.6 Å². The van der Waals surface area contributed by atoms with Crippen molar-refractivity contribution in [2.24, 2.45) is 5.92 Å². The summed E-state index contributed by atoms with van der Waals surface area (Å²) in [4.78, 5) is 0. The van der Waals surface area contributed by atoms with Gasteiger partial charge in [-0.15, -0.1) is 6.58 Å². The predicted octanol–water partition coefficient (Wildman–Crippen LogP) is 9.19. The van der Waals surface area contributed by atoms with E-state index in [0.29, 0.717) is 47.5 Å². The molecule has 0 N–H and O–H groups in total. The van der Waals surface area contributed by atoms with Crippen LogP contribution < -0.4 is 0 Å². The highest BCUT2D eigenvalue weighted by atomic mass is 19.2. The molecule has 1 aliphatic heterocycles. The van der Waals surface area contributed by atoms with Crippen LogP contribution in [0.3, 0.4) is 0 Å². The molecule has 1 heterocycles. The van der Waals surface area contributed by atoms with Gasteiger partial charge in [0.1, 0.15) is 5.82 Å². The number of ether oxygens (including phenoxy) is 2. The number of hydrogen-bond acceptors (Lipinski definition) is 2. The van der Waals surface area contributed by atoms with Crippen LogP contribution in [0.15, 0.2) is 67.3 Å². The molecule has 0 saturated carbocycles. The highest BCUT2D eigenvalue weighted by molar-refractivity contribution is 5.71. The third-order valence-electron chi connectivity index (χ3n) is 6.99. The van der Waals surface area contributed by atoms with Crippen molar-refractivity contribution in [1.82, 2.24) is 0 Å². The lowest BCUT2D eigenvalue weighted by Gasteiger charge is -2.28. The third-order valence-corrected chi connectivity index (χ3v) is 6.99. The Labute approximate surface area is 218 Å². The number of hydrogen-bond donors (Lipinski definition) is 0. The maximum Gasteiger partial charge on any atom is 0.183 e. The van der Waals surface area contributed by atoms with Crippen molar-refractivity contribution in [2.75, 3.05) is 13.2 Å². The molecule has 0 aliphatic carbocycles. The second kappa shape index (κ2) is 13.1. The number of halogens is 3. The fraction of sp³-hybridized carbons (Fsp3) is 0.375. The van der Waals surface area contributed by atoms with Gasteiger partial charge >= 0.3 is 0 Å². The van der Waals surface area contributed by atoms with Gasteiger partial charge in [-0.05, 0) is 35.6 Å². The largest absolute Gasteiger partial charge is 0.348 e. The molecule has 0 atom stereocenters. The van der Waals surface area contributed by atoms with Crippen LogP contribution in [0.2, 0.25) is 0 Å². The molecule has 1 aliphatic rings. The first-order chi connectivity index (χ1) is 18.0. The normalized spacial score (nSPS) is 17.6. The van der Waals surface area contributed by atoms with Gasteiger partial charge in [0.05, 0.1) is 13.2 Å². The molecule has 196 valence electrons. The Morgan fingerprint density at radius 1 is 0.784 bits per heavy atom. The number of aryl methyl sites for hydroxylation is 1. The molecule has 0 spiro atoms. The molecule has 2 nitrogen and oxygen atoms in total. The van der Waals surface area contributed by atoms with E-state index in [1.54, 1.807) is 54.6 Å². The van der Waals surface area contributed by atoms with Crippen LogP contribution in [0.5, 0.6) is 0 Å². The summed E-state index contributed by atoms with van der Waals surface area (Å²) in [5.41, 5.74) is 2.84. The van der Waals surface area contributed by atoms with E-state index in [9.17, 15) is 13.2 Å². The second-order valence-corrected chi connectivity index (χ2v) is 9.73. The lowest BCUT2D eigenvalue weighted by Crippen LogP contribution is -2.25. The minimum absolute atomic E-state index is 0.133. The minimum atomic E-state index is -0.835. The molecule has 1 saturated heterocycles. The average Bonchev–Trinajstić information content (AvgIpc) is 2.93. The topological polar surface area (TPSA) is 18.5 Å². The molecule has 3 aromatic rings. The van der Waals surface area contributed by atoms with E-state index in [-0.39, 0.29) is 11.5 Å². The Bertz CT molecular complexity index is 1180. The highest BCUT2D eigenvalue weighted by Gasteiger charge is 2.23. The standard InChI is InChI=1S/C32H35F3O2/c1-3-5-6-7-8-9-10-25-15-18-28(31(35)30(25)34)24-13-11-23(12-14-24)27-17-16-26(19-29(27)33)32-36-20-22(4-2)21-37-32/h4,11-19,22,32H,2-3,5-10,20-21H2,1H3. The monoisotopic (exact) mass is 508 g/mol. The average molecular weight is 509 g/mol. The fourth-order valence-electron chi connectivity index (χ4n) is 4.69. The molecule has 0 radical (unpaired) electrons. The van der Waals surface area contributed by atoms with Crippen molar-refractivity contribution in [3.05, 3.63) is 95.8 Å². The van der Waals surface area contributed by atoms with Crippen molar-refractivity contribution in [2.45, 2.75) is 58.2 Å². The quantitative estimate of drug-likeness (QED) is 0.190. The lowest BCUT2D eigenvalue weighted by molar-refractivity contribution is -0.197. The fourth-order valence-corrected chi connectivity index (χ4v) is 4.69. The van der Waals surface area contributed by atoms with E-state index in [2.05, 4.69) is 13.5 Å². The van der Waals surface area contributed by atoms with Crippen LogP contribution in [0.1, 0.15) is 62.9 Å². The van der Waals surface area contributed by atoms with Crippen molar-refractivity contribution in [3.63, 3.8) is 0 Å². The van der Waals surface area contributed by atoms with E-state index in [4.69, 9.17) is 9.47 Å². The molecule has 4 rings (SSSR count). The Hall–Kier alpha value is -2.89. The zero-order valence-electron chi connectivity index (χ0n) is 21.4. The summed E-state index contributed by atoms with van der Waals surface area (Å²) >= 11 is 0. The molecule has 0 unspecified atom stereocenters. The van der Waals surface area contributed by atoms with Crippen LogP contribution in [0.25, 0.3) is 22.3 Å². The maximum atomic E-state index is 15.0. The molecular weight excluding hydrogens is 473 g/mol. The van der Waals surface area contributed by atoms with Crippen LogP contribution in [0.4, 0.5) is 13.2 Å². The van der Waals surface area contributed by atoms with Crippen LogP contribution in [0, 0.1) is 23.4 Å². The van der Waals surface area contributed by atoms with E-state index >= 15 is 0 Å². The lowest BCUT2D eigenvalue weighted by atomic mass is 9.96. The molecule has 5 heteroatoms. The van der Waals surface area contributed by atoms with E-state index in [0.717, 1.165) is 19.3 Å². The molecular formula is C32H35F3O2. The molecule has 3 aromatic carbocycles. The molecule has 0 amide bonds. The first kappa shape index (κ1) is 27.2. The summed E-state index contributed by atoms with van der Waals surface area (Å²) in [6.45, 7) is 6.88. The number of benzene rings is 3. The summed E-state index contributed by atoms with van der Waals surface area (Å²) in [7, 11) is 0. The minimum Gasteiger partial charge on any atom is -0.348 e. The summed E-state index contributed by atoms with van der Waals surface area (Å²) in [5, 5.41) is 0. The maximum absolute atomic E-state index is 15.0. The molecule has 1 fully saturated rings. The molecule has 37 heavy (non-hydrogen) atoms. The highest BCUT2D eigenvalue weighted by Crippen LogP contribution is 2.32. The van der Waals surface area contributed by atoms with Gasteiger partial charge in [-0.3, -0.25) is 0 Å². The Kier molecular flexibility index (Phi) is 9.59. The van der Waals surface area contributed by atoms with Gasteiger partial charge in [-0.25, -0.2) is 13.2 Å². The Balaban J connectivity index is 1.42. The van der Waals surface area contributed by atoms with Crippen molar-refractivity contribution >= 4 is 0 Å². The summed E-state index contributed by atoms with van der Waals surface area (Å²) in [5.74, 6) is -1.88. The van der Waals surface area contributed by atoms with Crippen LogP contribution >= 0.6 is 0 Å². The van der Waals surface area contributed by atoms with E-state index in [1.165, 1.54) is 25.3 Å². The third kappa shape index (κ3) is 6.71. The Morgan fingerprint density at radius 2 is 1.41 bits per heavy atom. The number of rotatable bonds is 11. The Morgan fingerprint density at radius 3 is 2.05 bits per heavy atom. The second-order valence-electron chi connectivity index (χ2n) is 9.73. The van der Waals surface area contributed by atoms with Gasteiger partial charge in [0, 0.05) is 22.6 Å².